The van der Waals surface area contributed by atoms with Crippen LogP contribution in [0, 0.1) is 6.92 Å². The topological polar surface area (TPSA) is 69.3 Å². The minimum atomic E-state index is -0.0653. The summed E-state index contributed by atoms with van der Waals surface area (Å²) < 4.78 is 12.8. The van der Waals surface area contributed by atoms with Gasteiger partial charge in [0.25, 0.3) is 5.56 Å². The average molecular weight is 315 g/mol. The summed E-state index contributed by atoms with van der Waals surface area (Å²) in [5.74, 6) is 1.79. The normalized spacial score (nSPS) is 23.3. The van der Waals surface area contributed by atoms with E-state index in [0.29, 0.717) is 19.8 Å². The van der Waals surface area contributed by atoms with Crippen molar-refractivity contribution in [1.29, 1.82) is 0 Å². The minimum Gasteiger partial charge on any atom is -0.465 e. The van der Waals surface area contributed by atoms with Crippen LogP contribution in [-0.4, -0.2) is 29.0 Å². The minimum absolute atomic E-state index is 0.0261. The van der Waals surface area contributed by atoms with Gasteiger partial charge in [0.15, 0.2) is 0 Å². The van der Waals surface area contributed by atoms with Crippen LogP contribution in [0.4, 0.5) is 0 Å². The second-order valence-electron chi connectivity index (χ2n) is 6.36. The van der Waals surface area contributed by atoms with Crippen molar-refractivity contribution < 1.29 is 9.15 Å². The first kappa shape index (κ1) is 14.7. The van der Waals surface area contributed by atoms with Crippen LogP contribution in [0.25, 0.3) is 0 Å². The van der Waals surface area contributed by atoms with Crippen molar-refractivity contribution >= 4 is 0 Å². The Hall–Kier alpha value is -1.92. The molecule has 0 amide bonds. The lowest BCUT2D eigenvalue weighted by Gasteiger charge is -2.20. The Kier molecular flexibility index (Phi) is 3.79. The van der Waals surface area contributed by atoms with Crippen LogP contribution in [0.2, 0.25) is 0 Å². The van der Waals surface area contributed by atoms with Crippen molar-refractivity contribution in [3.63, 3.8) is 0 Å². The molecule has 4 rings (SSSR count). The Labute approximate surface area is 134 Å². The highest BCUT2D eigenvalue weighted by Crippen LogP contribution is 2.22. The zero-order chi connectivity index (χ0) is 15.8. The van der Waals surface area contributed by atoms with E-state index >= 15 is 0 Å². The van der Waals surface area contributed by atoms with Crippen LogP contribution in [0.5, 0.6) is 0 Å². The molecule has 1 aliphatic heterocycles. The molecule has 6 nitrogen and oxygen atoms in total. The van der Waals surface area contributed by atoms with Crippen LogP contribution in [0.1, 0.15) is 35.2 Å². The van der Waals surface area contributed by atoms with Crippen LogP contribution in [0.3, 0.4) is 0 Å². The maximum absolute atomic E-state index is 12.4. The molecule has 2 aromatic rings. The van der Waals surface area contributed by atoms with Crippen molar-refractivity contribution in [2.75, 3.05) is 13.2 Å². The average Bonchev–Trinajstić information content (AvgIpc) is 3.24. The van der Waals surface area contributed by atoms with E-state index in [9.17, 15) is 4.79 Å². The van der Waals surface area contributed by atoms with Crippen molar-refractivity contribution in [2.24, 2.45) is 0 Å². The van der Waals surface area contributed by atoms with Gasteiger partial charge in [-0.1, -0.05) is 0 Å². The molecule has 23 heavy (non-hydrogen) atoms. The van der Waals surface area contributed by atoms with Crippen molar-refractivity contribution in [3.05, 3.63) is 51.3 Å². The summed E-state index contributed by atoms with van der Waals surface area (Å²) in [6.07, 6.45) is 3.03. The highest BCUT2D eigenvalue weighted by atomic mass is 16.5. The van der Waals surface area contributed by atoms with E-state index in [1.165, 1.54) is 0 Å². The van der Waals surface area contributed by atoms with Crippen LogP contribution >= 0.6 is 0 Å². The zero-order valence-electron chi connectivity index (χ0n) is 13.2. The molecule has 2 unspecified atom stereocenters. The first-order valence-electron chi connectivity index (χ1n) is 8.19. The lowest BCUT2D eigenvalue weighted by Crippen LogP contribution is -2.41. The Balaban J connectivity index is 1.52. The predicted octanol–water partition coefficient (Wildman–Crippen LogP) is 1.36. The number of hydrogen-bond acceptors (Lipinski definition) is 5. The summed E-state index contributed by atoms with van der Waals surface area (Å²) in [5.41, 5.74) is 2.15. The summed E-state index contributed by atoms with van der Waals surface area (Å²) in [6, 6.07) is 5.66. The third kappa shape index (κ3) is 2.84. The monoisotopic (exact) mass is 315 g/mol. The smallest absolute Gasteiger partial charge is 0.267 e. The number of rotatable bonds is 4. The van der Waals surface area contributed by atoms with Crippen molar-refractivity contribution in [2.45, 2.75) is 44.8 Å². The van der Waals surface area contributed by atoms with Crippen molar-refractivity contribution in [1.82, 2.24) is 15.1 Å². The van der Waals surface area contributed by atoms with Crippen LogP contribution in [0.15, 0.2) is 27.4 Å². The third-order valence-corrected chi connectivity index (χ3v) is 4.68. The molecule has 3 heterocycles. The van der Waals surface area contributed by atoms with Gasteiger partial charge in [0, 0.05) is 6.07 Å². The van der Waals surface area contributed by atoms with E-state index in [4.69, 9.17) is 9.15 Å². The van der Waals surface area contributed by atoms with Gasteiger partial charge in [-0.25, -0.2) is 4.68 Å². The van der Waals surface area contributed by atoms with Crippen molar-refractivity contribution in [3.8, 4) is 0 Å². The number of ether oxygens (including phenoxy) is 1. The number of nitrogens with one attached hydrogen (secondary N) is 1. The molecule has 1 N–H and O–H groups in total. The molecular formula is C17H21N3O3. The highest BCUT2D eigenvalue weighted by Gasteiger charge is 2.32. The van der Waals surface area contributed by atoms with E-state index in [0.717, 1.165) is 42.0 Å². The molecule has 0 aromatic carbocycles. The fraction of sp³-hybridized carbons (Fsp3) is 0.529. The molecular weight excluding hydrogens is 294 g/mol. The molecule has 0 bridgehead atoms. The Morgan fingerprint density at radius 2 is 2.26 bits per heavy atom. The molecule has 0 radical (unpaired) electrons. The van der Waals surface area contributed by atoms with Gasteiger partial charge in [-0.05, 0) is 43.9 Å². The summed E-state index contributed by atoms with van der Waals surface area (Å²) in [5, 5.41) is 8.04. The molecule has 1 aliphatic carbocycles. The molecule has 2 aromatic heterocycles. The summed E-state index contributed by atoms with van der Waals surface area (Å²) >= 11 is 0. The van der Waals surface area contributed by atoms with Gasteiger partial charge in [0.2, 0.25) is 0 Å². The number of aryl methyl sites for hydroxylation is 3. The highest BCUT2D eigenvalue weighted by molar-refractivity contribution is 5.22. The summed E-state index contributed by atoms with van der Waals surface area (Å²) in [4.78, 5) is 12.4. The third-order valence-electron chi connectivity index (χ3n) is 4.68. The van der Waals surface area contributed by atoms with E-state index in [1.807, 2.05) is 19.1 Å². The zero-order valence-corrected chi connectivity index (χ0v) is 13.2. The van der Waals surface area contributed by atoms with E-state index in [2.05, 4.69) is 10.4 Å². The number of furan rings is 1. The van der Waals surface area contributed by atoms with Gasteiger partial charge in [0.1, 0.15) is 11.5 Å². The van der Waals surface area contributed by atoms with Gasteiger partial charge < -0.3 is 14.5 Å². The summed E-state index contributed by atoms with van der Waals surface area (Å²) in [6.45, 7) is 3.65. The number of aromatic nitrogens is 2. The summed E-state index contributed by atoms with van der Waals surface area (Å²) in [7, 11) is 0. The Bertz CT molecular complexity index is 765. The molecule has 2 aliphatic rings. The van der Waals surface area contributed by atoms with Gasteiger partial charge in [-0.15, -0.1) is 0 Å². The molecule has 1 saturated heterocycles. The standard InChI is InChI=1S/C17H21N3O3/c1-11-5-6-13(23-11)8-18-15-9-22-10-16(15)20-17(21)7-12-3-2-4-14(12)19-20/h5-7,15-16,18H,2-4,8-10H2,1H3. The number of hydrogen-bond donors (Lipinski definition) is 1. The maximum atomic E-state index is 12.4. The number of fused-ring (bicyclic) bond motifs is 1. The second kappa shape index (κ2) is 5.94. The molecule has 0 spiro atoms. The molecule has 1 fully saturated rings. The first-order valence-corrected chi connectivity index (χ1v) is 8.19. The quantitative estimate of drug-likeness (QED) is 0.923. The fourth-order valence-electron chi connectivity index (χ4n) is 3.44. The Morgan fingerprint density at radius 1 is 1.35 bits per heavy atom. The predicted molar refractivity (Wildman–Crippen MR) is 84.5 cm³/mol. The molecule has 122 valence electrons. The van der Waals surface area contributed by atoms with Gasteiger partial charge in [0.05, 0.1) is 37.5 Å². The van der Waals surface area contributed by atoms with E-state index in [-0.39, 0.29) is 17.6 Å². The SMILES string of the molecule is Cc1ccc(CNC2COCC2n2nc3c(cc2=O)CCC3)o1. The fourth-order valence-corrected chi connectivity index (χ4v) is 3.44. The van der Waals surface area contributed by atoms with Gasteiger partial charge >= 0.3 is 0 Å². The van der Waals surface area contributed by atoms with Crippen LogP contribution < -0.4 is 10.9 Å². The second-order valence-corrected chi connectivity index (χ2v) is 6.36. The molecule has 6 heteroatoms. The first-order chi connectivity index (χ1) is 11.2. The largest absolute Gasteiger partial charge is 0.465 e. The maximum Gasteiger partial charge on any atom is 0.267 e. The lowest BCUT2D eigenvalue weighted by molar-refractivity contribution is 0.180. The van der Waals surface area contributed by atoms with Crippen LogP contribution in [-0.2, 0) is 24.1 Å². The lowest BCUT2D eigenvalue weighted by atomic mass is 10.1. The molecule has 0 saturated carbocycles. The van der Waals surface area contributed by atoms with E-state index < -0.39 is 0 Å². The number of nitrogens with zero attached hydrogens (tertiary/aromatic N) is 2. The van der Waals surface area contributed by atoms with E-state index in [1.54, 1.807) is 10.7 Å². The molecule has 2 atom stereocenters. The van der Waals surface area contributed by atoms with Gasteiger partial charge in [-0.3, -0.25) is 4.79 Å². The Morgan fingerprint density at radius 3 is 3.09 bits per heavy atom. The van der Waals surface area contributed by atoms with Gasteiger partial charge in [-0.2, -0.15) is 5.10 Å².